The summed E-state index contributed by atoms with van der Waals surface area (Å²) in [6.45, 7) is 2.42. The zero-order valence-electron chi connectivity index (χ0n) is 9.80. The highest BCUT2D eigenvalue weighted by Gasteiger charge is 2.30. The van der Waals surface area contributed by atoms with E-state index in [0.717, 1.165) is 19.5 Å². The van der Waals surface area contributed by atoms with Gasteiger partial charge in [-0.1, -0.05) is 12.1 Å². The van der Waals surface area contributed by atoms with Gasteiger partial charge in [-0.2, -0.15) is 8.42 Å². The highest BCUT2D eigenvalue weighted by atomic mass is 32.2. The zero-order valence-corrected chi connectivity index (χ0v) is 10.6. The molecule has 1 aromatic rings. The summed E-state index contributed by atoms with van der Waals surface area (Å²) in [6, 6.07) is 6.76. The van der Waals surface area contributed by atoms with Gasteiger partial charge >= 0.3 is 0 Å². The lowest BCUT2D eigenvalue weighted by molar-refractivity contribution is 0.250. The van der Waals surface area contributed by atoms with E-state index in [1.54, 1.807) is 24.3 Å². The molecule has 1 saturated heterocycles. The van der Waals surface area contributed by atoms with Gasteiger partial charge in [-0.25, -0.2) is 0 Å². The molecule has 96 valence electrons. The van der Waals surface area contributed by atoms with Crippen LogP contribution in [-0.4, -0.2) is 34.0 Å². The molecule has 1 atom stereocenters. The van der Waals surface area contributed by atoms with Crippen LogP contribution in [0.15, 0.2) is 33.6 Å². The Labute approximate surface area is 106 Å². The molecular formula is C12H14N2O3S. The molecule has 2 heterocycles. The maximum Gasteiger partial charge on any atom is 0.286 e. The van der Waals surface area contributed by atoms with Gasteiger partial charge in [0.15, 0.2) is 0 Å². The van der Waals surface area contributed by atoms with Gasteiger partial charge in [0.2, 0.25) is 5.90 Å². The van der Waals surface area contributed by atoms with Gasteiger partial charge in [0.25, 0.3) is 10.0 Å². The zero-order chi connectivity index (χ0) is 12.6. The summed E-state index contributed by atoms with van der Waals surface area (Å²) in [5.41, 5.74) is 0.573. The van der Waals surface area contributed by atoms with Crippen LogP contribution in [0.5, 0.6) is 0 Å². The molecule has 2 aliphatic rings. The van der Waals surface area contributed by atoms with Crippen molar-refractivity contribution in [1.82, 2.24) is 5.32 Å². The van der Waals surface area contributed by atoms with Crippen molar-refractivity contribution in [1.29, 1.82) is 0 Å². The van der Waals surface area contributed by atoms with Gasteiger partial charge in [-0.05, 0) is 25.1 Å². The molecule has 5 nitrogen and oxygen atoms in total. The molecule has 1 N–H and O–H groups in total. The Hall–Kier alpha value is -1.40. The van der Waals surface area contributed by atoms with Crippen LogP contribution in [0.4, 0.5) is 0 Å². The Balaban J connectivity index is 1.81. The molecule has 3 rings (SSSR count). The lowest BCUT2D eigenvalue weighted by Gasteiger charge is -2.10. The molecule has 0 aliphatic carbocycles. The van der Waals surface area contributed by atoms with Crippen molar-refractivity contribution >= 4 is 15.9 Å². The average molecular weight is 266 g/mol. The quantitative estimate of drug-likeness (QED) is 0.858. The standard InChI is InChI=1S/C12H14N2O3S/c15-18(16)11-4-2-1-3-10(11)12(14-18)17-8-9-5-6-13-7-9/h1-4,9,13H,5-8H2/t9-/m1/s1. The molecule has 0 saturated carbocycles. The Bertz CT molecular complexity index is 589. The van der Waals surface area contributed by atoms with Crippen LogP contribution in [0, 0.1) is 5.92 Å². The fraction of sp³-hybridized carbons (Fsp3) is 0.417. The Morgan fingerprint density at radius 2 is 2.22 bits per heavy atom. The second-order valence-corrected chi connectivity index (χ2v) is 6.11. The van der Waals surface area contributed by atoms with E-state index in [-0.39, 0.29) is 10.8 Å². The first kappa shape index (κ1) is 11.7. The lowest BCUT2D eigenvalue weighted by Crippen LogP contribution is -2.16. The van der Waals surface area contributed by atoms with Crippen molar-refractivity contribution < 1.29 is 13.2 Å². The smallest absolute Gasteiger partial charge is 0.286 e. The number of nitrogens with zero attached hydrogens (tertiary/aromatic N) is 1. The van der Waals surface area contributed by atoms with E-state index in [4.69, 9.17) is 4.74 Å². The number of hydrogen-bond acceptors (Lipinski definition) is 4. The Morgan fingerprint density at radius 3 is 3.00 bits per heavy atom. The normalized spacial score (nSPS) is 24.7. The summed E-state index contributed by atoms with van der Waals surface area (Å²) >= 11 is 0. The third-order valence-electron chi connectivity index (χ3n) is 3.22. The molecule has 1 fully saturated rings. The van der Waals surface area contributed by atoms with Crippen molar-refractivity contribution in [3.63, 3.8) is 0 Å². The van der Waals surface area contributed by atoms with E-state index < -0.39 is 10.0 Å². The van der Waals surface area contributed by atoms with E-state index in [2.05, 4.69) is 9.71 Å². The van der Waals surface area contributed by atoms with E-state index in [9.17, 15) is 8.42 Å². The SMILES string of the molecule is O=S1(=O)N=C(OC[C@@H]2CCNC2)c2ccccc21. The summed E-state index contributed by atoms with van der Waals surface area (Å²) < 4.78 is 32.8. The number of ether oxygens (including phenoxy) is 1. The highest BCUT2D eigenvalue weighted by molar-refractivity contribution is 7.90. The molecule has 18 heavy (non-hydrogen) atoms. The Morgan fingerprint density at radius 1 is 1.39 bits per heavy atom. The van der Waals surface area contributed by atoms with E-state index >= 15 is 0 Å². The van der Waals surface area contributed by atoms with Crippen LogP contribution in [0.25, 0.3) is 0 Å². The fourth-order valence-corrected chi connectivity index (χ4v) is 3.38. The number of hydrogen-bond donors (Lipinski definition) is 1. The minimum Gasteiger partial charge on any atom is -0.476 e. The second-order valence-electron chi connectivity index (χ2n) is 4.54. The fourth-order valence-electron chi connectivity index (χ4n) is 2.23. The molecule has 2 aliphatic heterocycles. The summed E-state index contributed by atoms with van der Waals surface area (Å²) in [7, 11) is -3.55. The topological polar surface area (TPSA) is 67.8 Å². The summed E-state index contributed by atoms with van der Waals surface area (Å²) in [6.07, 6.45) is 1.06. The molecule has 0 spiro atoms. The first-order chi connectivity index (χ1) is 8.67. The van der Waals surface area contributed by atoms with Gasteiger partial charge in [0.05, 0.1) is 12.2 Å². The van der Waals surface area contributed by atoms with Crippen molar-refractivity contribution in [2.75, 3.05) is 19.7 Å². The molecule has 1 aromatic carbocycles. The van der Waals surface area contributed by atoms with Crippen LogP contribution in [0.1, 0.15) is 12.0 Å². The lowest BCUT2D eigenvalue weighted by atomic mass is 10.1. The van der Waals surface area contributed by atoms with Gasteiger partial charge in [-0.3, -0.25) is 0 Å². The molecule has 6 heteroatoms. The predicted molar refractivity (Wildman–Crippen MR) is 67.1 cm³/mol. The minimum absolute atomic E-state index is 0.234. The first-order valence-electron chi connectivity index (χ1n) is 5.95. The second kappa shape index (κ2) is 4.37. The maximum absolute atomic E-state index is 11.8. The molecule has 0 amide bonds. The van der Waals surface area contributed by atoms with E-state index in [1.165, 1.54) is 0 Å². The largest absolute Gasteiger partial charge is 0.476 e. The highest BCUT2D eigenvalue weighted by Crippen LogP contribution is 2.26. The monoisotopic (exact) mass is 266 g/mol. The van der Waals surface area contributed by atoms with E-state index in [0.29, 0.717) is 18.1 Å². The summed E-state index contributed by atoms with van der Waals surface area (Å²) in [5.74, 6) is 0.667. The number of rotatable bonds is 2. The van der Waals surface area contributed by atoms with Crippen molar-refractivity contribution in [2.45, 2.75) is 11.3 Å². The summed E-state index contributed by atoms with van der Waals surface area (Å²) in [5, 5.41) is 3.24. The molecule has 0 bridgehead atoms. The average Bonchev–Trinajstić information content (AvgIpc) is 2.95. The van der Waals surface area contributed by atoms with Crippen LogP contribution < -0.4 is 5.32 Å². The van der Waals surface area contributed by atoms with Crippen LogP contribution >= 0.6 is 0 Å². The van der Waals surface area contributed by atoms with Gasteiger partial charge in [0, 0.05) is 12.5 Å². The maximum atomic E-state index is 11.8. The summed E-state index contributed by atoms with van der Waals surface area (Å²) in [4.78, 5) is 0.240. The molecule has 0 unspecified atom stereocenters. The minimum atomic E-state index is -3.55. The number of fused-ring (bicyclic) bond motifs is 1. The Kier molecular flexibility index (Phi) is 2.83. The van der Waals surface area contributed by atoms with E-state index in [1.807, 2.05) is 0 Å². The van der Waals surface area contributed by atoms with Gasteiger partial charge < -0.3 is 10.1 Å². The first-order valence-corrected chi connectivity index (χ1v) is 7.39. The van der Waals surface area contributed by atoms with Crippen molar-refractivity contribution in [2.24, 2.45) is 10.3 Å². The third-order valence-corrected chi connectivity index (χ3v) is 4.53. The number of benzene rings is 1. The van der Waals surface area contributed by atoms with Gasteiger partial charge in [-0.15, -0.1) is 4.40 Å². The molecule has 0 radical (unpaired) electrons. The molecular weight excluding hydrogens is 252 g/mol. The number of nitrogens with one attached hydrogen (secondary N) is 1. The van der Waals surface area contributed by atoms with Crippen molar-refractivity contribution in [3.8, 4) is 0 Å². The van der Waals surface area contributed by atoms with Gasteiger partial charge in [0.1, 0.15) is 4.90 Å². The third kappa shape index (κ3) is 2.02. The predicted octanol–water partition coefficient (Wildman–Crippen LogP) is 0.762. The van der Waals surface area contributed by atoms with Crippen LogP contribution in [0.3, 0.4) is 0 Å². The van der Waals surface area contributed by atoms with Crippen LogP contribution in [0.2, 0.25) is 0 Å². The molecule has 0 aromatic heterocycles. The van der Waals surface area contributed by atoms with Crippen molar-refractivity contribution in [3.05, 3.63) is 29.8 Å². The number of sulfonamides is 1. The van der Waals surface area contributed by atoms with Crippen LogP contribution in [-0.2, 0) is 14.8 Å².